The van der Waals surface area contributed by atoms with E-state index in [2.05, 4.69) is 6.07 Å². The van der Waals surface area contributed by atoms with Crippen molar-refractivity contribution in [2.24, 2.45) is 0 Å². The number of unbranched alkanes of at least 4 members (excludes halogenated alkanes) is 1. The first-order chi connectivity index (χ1) is 10.5. The van der Waals surface area contributed by atoms with E-state index in [9.17, 15) is 12.9 Å². The second-order valence-electron chi connectivity index (χ2n) is 5.33. The second kappa shape index (κ2) is 7.17. The van der Waals surface area contributed by atoms with Crippen molar-refractivity contribution in [2.75, 3.05) is 0 Å². The maximum Gasteiger partial charge on any atom is 0.509 e. The third kappa shape index (κ3) is 4.66. The molecule has 0 atom stereocenters. The molecule has 0 aromatic heterocycles. The number of rotatable bonds is 6. The van der Waals surface area contributed by atoms with Crippen LogP contribution in [0, 0.1) is 11.3 Å². The largest absolute Gasteiger partial charge is 0.509 e. The lowest BCUT2D eigenvalue weighted by atomic mass is 9.80. The van der Waals surface area contributed by atoms with Crippen LogP contribution in [0.25, 0.3) is 0 Å². The van der Waals surface area contributed by atoms with Gasteiger partial charge >= 0.3 is 6.98 Å². The monoisotopic (exact) mass is 302 g/mol. The molecular weight excluding hydrogens is 286 g/mol. The van der Waals surface area contributed by atoms with Crippen LogP contribution in [-0.4, -0.2) is 6.98 Å². The van der Waals surface area contributed by atoms with Gasteiger partial charge in [-0.2, -0.15) is 5.26 Å². The van der Waals surface area contributed by atoms with Gasteiger partial charge in [0.1, 0.15) is 0 Å². The first-order valence-electron chi connectivity index (χ1n) is 7.27. The third-order valence-electron chi connectivity index (χ3n) is 3.62. The van der Waals surface area contributed by atoms with E-state index in [1.165, 1.54) is 5.56 Å². The highest BCUT2D eigenvalue weighted by molar-refractivity contribution is 6.73. The van der Waals surface area contributed by atoms with Crippen LogP contribution in [-0.2, 0) is 12.8 Å². The molecule has 2 aromatic carbocycles. The number of benzene rings is 2. The second-order valence-corrected chi connectivity index (χ2v) is 5.33. The number of halogens is 3. The standard InChI is InChI=1S/C17H16BF3N/c19-18(20,21)17-11-9-15(10-12-17)4-2-1-3-14-5-7-16(13-22)8-6-14/h5-12H,1-4H2/q-1. The van der Waals surface area contributed by atoms with Gasteiger partial charge in [-0.25, -0.2) is 0 Å². The summed E-state index contributed by atoms with van der Waals surface area (Å²) in [4.78, 5) is 0. The van der Waals surface area contributed by atoms with Gasteiger partial charge in [-0.15, -0.1) is 5.46 Å². The lowest BCUT2D eigenvalue weighted by molar-refractivity contribution is 0.501. The lowest BCUT2D eigenvalue weighted by Gasteiger charge is -2.14. The molecule has 0 aliphatic rings. The Balaban J connectivity index is 1.77. The molecule has 0 saturated heterocycles. The third-order valence-corrected chi connectivity index (χ3v) is 3.62. The molecule has 5 heteroatoms. The van der Waals surface area contributed by atoms with Gasteiger partial charge < -0.3 is 12.9 Å². The highest BCUT2D eigenvalue weighted by Gasteiger charge is 2.24. The number of hydrogen-bond acceptors (Lipinski definition) is 1. The molecule has 114 valence electrons. The van der Waals surface area contributed by atoms with Gasteiger partial charge in [0.15, 0.2) is 0 Å². The van der Waals surface area contributed by atoms with Crippen LogP contribution in [0.5, 0.6) is 0 Å². The van der Waals surface area contributed by atoms with Gasteiger partial charge in [0.25, 0.3) is 0 Å². The van der Waals surface area contributed by atoms with Crippen molar-refractivity contribution >= 4 is 12.4 Å². The van der Waals surface area contributed by atoms with E-state index in [1.54, 1.807) is 24.3 Å². The van der Waals surface area contributed by atoms with Crippen LogP contribution in [0.4, 0.5) is 12.9 Å². The first-order valence-corrected chi connectivity index (χ1v) is 7.27. The Morgan fingerprint density at radius 3 is 1.64 bits per heavy atom. The number of nitriles is 1. The summed E-state index contributed by atoms with van der Waals surface area (Å²) in [6.45, 7) is -4.90. The molecule has 0 spiro atoms. The molecule has 0 radical (unpaired) electrons. The fraction of sp³-hybridized carbons (Fsp3) is 0.235. The number of nitrogens with zero attached hydrogens (tertiary/aromatic N) is 1. The van der Waals surface area contributed by atoms with E-state index in [0.717, 1.165) is 43.4 Å². The van der Waals surface area contributed by atoms with Crippen LogP contribution in [0.1, 0.15) is 29.5 Å². The molecule has 0 heterocycles. The van der Waals surface area contributed by atoms with Gasteiger partial charge in [-0.05, 0) is 48.9 Å². The Hall–Kier alpha value is -2.22. The topological polar surface area (TPSA) is 23.8 Å². The van der Waals surface area contributed by atoms with Gasteiger partial charge in [-0.1, -0.05) is 36.4 Å². The fourth-order valence-electron chi connectivity index (χ4n) is 2.31. The molecule has 1 nitrogen and oxygen atoms in total. The van der Waals surface area contributed by atoms with Crippen LogP contribution in [0.15, 0.2) is 48.5 Å². The maximum atomic E-state index is 12.5. The van der Waals surface area contributed by atoms with Crippen LogP contribution in [0.2, 0.25) is 0 Å². The molecule has 0 N–H and O–H groups in total. The predicted molar refractivity (Wildman–Crippen MR) is 83.0 cm³/mol. The Morgan fingerprint density at radius 2 is 1.23 bits per heavy atom. The average molecular weight is 302 g/mol. The van der Waals surface area contributed by atoms with Crippen LogP contribution in [0.3, 0.4) is 0 Å². The Kier molecular flexibility index (Phi) is 5.27. The van der Waals surface area contributed by atoms with Crippen molar-refractivity contribution in [1.82, 2.24) is 0 Å². The van der Waals surface area contributed by atoms with E-state index in [-0.39, 0.29) is 0 Å². The van der Waals surface area contributed by atoms with Crippen LogP contribution >= 0.6 is 0 Å². The summed E-state index contributed by atoms with van der Waals surface area (Å²) < 4.78 is 37.5. The minimum atomic E-state index is -4.90. The van der Waals surface area contributed by atoms with E-state index >= 15 is 0 Å². The Labute approximate surface area is 128 Å². The summed E-state index contributed by atoms with van der Waals surface area (Å²) in [6.07, 6.45) is 3.59. The highest BCUT2D eigenvalue weighted by atomic mass is 19.4. The average Bonchev–Trinajstić information content (AvgIpc) is 2.52. The van der Waals surface area contributed by atoms with Gasteiger partial charge in [0.05, 0.1) is 11.6 Å². The molecule has 0 unspecified atom stereocenters. The van der Waals surface area contributed by atoms with Gasteiger partial charge in [0, 0.05) is 0 Å². The number of aryl methyl sites for hydroxylation is 2. The molecule has 0 aliphatic carbocycles. The molecular formula is C17H16BF3N-. The quantitative estimate of drug-likeness (QED) is 0.580. The van der Waals surface area contributed by atoms with E-state index < -0.39 is 12.4 Å². The van der Waals surface area contributed by atoms with Crippen molar-refractivity contribution in [3.63, 3.8) is 0 Å². The van der Waals surface area contributed by atoms with Crippen molar-refractivity contribution < 1.29 is 12.9 Å². The summed E-state index contributed by atoms with van der Waals surface area (Å²) in [5.41, 5.74) is 2.22. The summed E-state index contributed by atoms with van der Waals surface area (Å²) in [5.74, 6) is 0. The van der Waals surface area contributed by atoms with E-state index in [1.807, 2.05) is 12.1 Å². The summed E-state index contributed by atoms with van der Waals surface area (Å²) >= 11 is 0. The molecule has 0 amide bonds. The SMILES string of the molecule is N#Cc1ccc(CCCCc2ccc([B-](F)(F)F)cc2)cc1. The van der Waals surface area contributed by atoms with Gasteiger partial charge in [0.2, 0.25) is 0 Å². The first kappa shape index (κ1) is 16.2. The molecule has 0 bridgehead atoms. The molecule has 0 fully saturated rings. The zero-order valence-corrected chi connectivity index (χ0v) is 12.1. The summed E-state index contributed by atoms with van der Waals surface area (Å²) in [5, 5.41) is 8.72. The molecule has 2 aromatic rings. The van der Waals surface area contributed by atoms with Crippen LogP contribution < -0.4 is 5.46 Å². The Bertz CT molecular complexity index is 640. The lowest BCUT2D eigenvalue weighted by Crippen LogP contribution is -2.33. The number of hydrogen-bond donors (Lipinski definition) is 0. The smallest absolute Gasteiger partial charge is 0.445 e. The van der Waals surface area contributed by atoms with E-state index in [0.29, 0.717) is 5.56 Å². The molecule has 2 rings (SSSR count). The molecule has 0 aliphatic heterocycles. The summed E-state index contributed by atoms with van der Waals surface area (Å²) in [7, 11) is 0. The minimum absolute atomic E-state index is 0.540. The van der Waals surface area contributed by atoms with E-state index in [4.69, 9.17) is 5.26 Å². The normalized spacial score (nSPS) is 11.2. The fourth-order valence-corrected chi connectivity index (χ4v) is 2.31. The highest BCUT2D eigenvalue weighted by Crippen LogP contribution is 2.12. The maximum absolute atomic E-state index is 12.5. The van der Waals surface area contributed by atoms with Crippen molar-refractivity contribution in [2.45, 2.75) is 25.7 Å². The Morgan fingerprint density at radius 1 is 0.773 bits per heavy atom. The summed E-state index contributed by atoms with van der Waals surface area (Å²) in [6, 6.07) is 15.0. The predicted octanol–water partition coefficient (Wildman–Crippen LogP) is 4.18. The zero-order chi connectivity index (χ0) is 16.0. The van der Waals surface area contributed by atoms with Gasteiger partial charge in [-0.3, -0.25) is 0 Å². The zero-order valence-electron chi connectivity index (χ0n) is 12.1. The van der Waals surface area contributed by atoms with Crippen molar-refractivity contribution in [3.8, 4) is 6.07 Å². The minimum Gasteiger partial charge on any atom is -0.445 e. The molecule has 22 heavy (non-hydrogen) atoms. The molecule has 0 saturated carbocycles. The van der Waals surface area contributed by atoms with Crippen molar-refractivity contribution in [3.05, 3.63) is 65.2 Å². The van der Waals surface area contributed by atoms with Crippen molar-refractivity contribution in [1.29, 1.82) is 5.26 Å².